The van der Waals surface area contributed by atoms with Crippen molar-refractivity contribution in [1.82, 2.24) is 15.0 Å². The van der Waals surface area contributed by atoms with Crippen LogP contribution in [0.4, 0.5) is 5.69 Å². The molecule has 6 rings (SSSR count). The van der Waals surface area contributed by atoms with Crippen LogP contribution >= 0.6 is 0 Å². The van der Waals surface area contributed by atoms with Crippen LogP contribution in [0, 0.1) is 0 Å². The number of anilines is 1. The van der Waals surface area contributed by atoms with Crippen molar-refractivity contribution < 1.29 is 0 Å². The number of para-hydroxylation sites is 1. The minimum atomic E-state index is -0.0490. The van der Waals surface area contributed by atoms with E-state index in [1.165, 1.54) is 89.4 Å². The first-order valence-corrected chi connectivity index (χ1v) is 17.0. The summed E-state index contributed by atoms with van der Waals surface area (Å²) in [6, 6.07) is 6.95. The van der Waals surface area contributed by atoms with Gasteiger partial charge in [0, 0.05) is 44.5 Å². The van der Waals surface area contributed by atoms with Gasteiger partial charge >= 0.3 is 0 Å². The molecule has 3 aromatic heterocycles. The molecule has 0 radical (unpaired) electrons. The summed E-state index contributed by atoms with van der Waals surface area (Å²) in [5.41, 5.74) is 18.8. The smallest absolute Gasteiger partial charge is 0.0519 e. The van der Waals surface area contributed by atoms with Gasteiger partial charge in [0.25, 0.3) is 0 Å². The predicted molar refractivity (Wildman–Crippen MR) is 184 cm³/mol. The Morgan fingerprint density at radius 1 is 0.535 bits per heavy atom. The molecule has 0 fully saturated rings. The van der Waals surface area contributed by atoms with Gasteiger partial charge in [0.2, 0.25) is 0 Å². The van der Waals surface area contributed by atoms with Gasteiger partial charge in [0.15, 0.2) is 0 Å². The maximum atomic E-state index is 4.03. The van der Waals surface area contributed by atoms with Gasteiger partial charge < -0.3 is 20.3 Å². The number of fused-ring (bicyclic) bond motifs is 8. The summed E-state index contributed by atoms with van der Waals surface area (Å²) < 4.78 is 0. The van der Waals surface area contributed by atoms with Crippen molar-refractivity contribution >= 4 is 23.9 Å². The zero-order valence-corrected chi connectivity index (χ0v) is 27.6. The Kier molecular flexibility index (Phi) is 7.83. The zero-order valence-electron chi connectivity index (χ0n) is 27.6. The van der Waals surface area contributed by atoms with Crippen molar-refractivity contribution in [3.63, 3.8) is 0 Å². The summed E-state index contributed by atoms with van der Waals surface area (Å²) in [4.78, 5) is 11.8. The fraction of sp³-hybridized carbons (Fsp3) is 0.436. The highest BCUT2D eigenvalue weighted by molar-refractivity contribution is 5.89. The van der Waals surface area contributed by atoms with Crippen molar-refractivity contribution in [2.75, 3.05) is 5.32 Å². The molecule has 4 aromatic rings. The molecular formula is C39H50N4. The minimum absolute atomic E-state index is 0.0490. The first-order chi connectivity index (χ1) is 20.9. The lowest BCUT2D eigenvalue weighted by molar-refractivity contribution is 0.489. The lowest BCUT2D eigenvalue weighted by atomic mass is 9.74. The number of rotatable bonds is 8. The van der Waals surface area contributed by atoms with Crippen LogP contribution < -0.4 is 16.0 Å². The minimum Gasteiger partial charge on any atom is -0.357 e. The average Bonchev–Trinajstić information content (AvgIpc) is 3.74. The largest absolute Gasteiger partial charge is 0.357 e. The summed E-state index contributed by atoms with van der Waals surface area (Å²) in [6.07, 6.45) is 15.4. The molecule has 0 aliphatic carbocycles. The van der Waals surface area contributed by atoms with Gasteiger partial charge in [-0.1, -0.05) is 73.6 Å². The predicted octanol–water partition coefficient (Wildman–Crippen LogP) is 8.21. The maximum Gasteiger partial charge on any atom is 0.0519 e. The molecule has 0 atom stereocenters. The van der Waals surface area contributed by atoms with Crippen LogP contribution in [-0.4, -0.2) is 15.0 Å². The third-order valence-electron chi connectivity index (χ3n) is 10.6. The molecule has 0 spiro atoms. The van der Waals surface area contributed by atoms with Crippen molar-refractivity contribution in [2.24, 2.45) is 0 Å². The number of aromatic nitrogens is 3. The van der Waals surface area contributed by atoms with E-state index in [2.05, 4.69) is 112 Å². The molecular weight excluding hydrogens is 524 g/mol. The molecule has 4 nitrogen and oxygen atoms in total. The van der Waals surface area contributed by atoms with Crippen LogP contribution in [0.2, 0.25) is 0 Å². The van der Waals surface area contributed by atoms with Crippen LogP contribution in [-0.2, 0) is 43.9 Å². The molecule has 1 aromatic carbocycles. The number of allylic oxidation sites excluding steroid dienone is 1. The fourth-order valence-electron chi connectivity index (χ4n) is 8.41. The van der Waals surface area contributed by atoms with E-state index in [1.54, 1.807) is 0 Å². The highest BCUT2D eigenvalue weighted by Gasteiger charge is 2.42. The quantitative estimate of drug-likeness (QED) is 0.168. The molecule has 43 heavy (non-hydrogen) atoms. The monoisotopic (exact) mass is 574 g/mol. The standard InChI is InChI=1S/C39H50N4/c1-9-23-24(10-2)33-21-34-27(13-5)28(14-6)37(42-34)29-18-17-19-30-38(29)43-36(39(30,15-7)16-8)22-35-26(12-4)25(11-3)32(41-35)20-31(23)40-33/h17-22,40-43H,9-16H2,1-8H3. The molecule has 2 aliphatic rings. The maximum absolute atomic E-state index is 4.03. The normalized spacial score (nSPS) is 14.7. The van der Waals surface area contributed by atoms with Crippen LogP contribution in [0.15, 0.2) is 23.9 Å². The van der Waals surface area contributed by atoms with Crippen molar-refractivity contribution in [1.29, 1.82) is 0 Å². The van der Waals surface area contributed by atoms with Gasteiger partial charge in [0.1, 0.15) is 0 Å². The van der Waals surface area contributed by atoms with E-state index in [-0.39, 0.29) is 5.41 Å². The topological polar surface area (TPSA) is 59.4 Å². The van der Waals surface area contributed by atoms with Gasteiger partial charge in [-0.15, -0.1) is 0 Å². The second-order valence-electron chi connectivity index (χ2n) is 12.3. The number of hydrogen-bond acceptors (Lipinski definition) is 1. The third-order valence-corrected chi connectivity index (χ3v) is 10.6. The average molecular weight is 575 g/mol. The van der Waals surface area contributed by atoms with Crippen LogP contribution in [0.1, 0.15) is 124 Å². The van der Waals surface area contributed by atoms with Gasteiger partial charge in [0.05, 0.1) is 11.4 Å². The Bertz CT molecular complexity index is 1830. The number of H-pyrrole nitrogens is 3. The first kappa shape index (κ1) is 29.4. The zero-order chi connectivity index (χ0) is 30.5. The van der Waals surface area contributed by atoms with E-state index in [4.69, 9.17) is 0 Å². The van der Waals surface area contributed by atoms with Gasteiger partial charge in [-0.2, -0.15) is 0 Å². The van der Waals surface area contributed by atoms with E-state index >= 15 is 0 Å². The Hall–Kier alpha value is -3.66. The second-order valence-corrected chi connectivity index (χ2v) is 12.3. The molecule has 4 N–H and O–H groups in total. The van der Waals surface area contributed by atoms with Crippen molar-refractivity contribution in [3.8, 4) is 11.3 Å². The summed E-state index contributed by atoms with van der Waals surface area (Å²) in [5.74, 6) is 0. The van der Waals surface area contributed by atoms with E-state index in [0.29, 0.717) is 0 Å². The van der Waals surface area contributed by atoms with E-state index in [9.17, 15) is 0 Å². The lowest BCUT2D eigenvalue weighted by Gasteiger charge is -2.28. The van der Waals surface area contributed by atoms with Crippen LogP contribution in [0.5, 0.6) is 0 Å². The third kappa shape index (κ3) is 4.31. The van der Waals surface area contributed by atoms with Gasteiger partial charge in [-0.3, -0.25) is 0 Å². The molecule has 4 heteroatoms. The number of hydrogen-bond donors (Lipinski definition) is 4. The van der Waals surface area contributed by atoms with Crippen LogP contribution in [0.25, 0.3) is 29.5 Å². The number of aromatic amines is 3. The van der Waals surface area contributed by atoms with Gasteiger partial charge in [-0.05, 0) is 109 Å². The Labute approximate surface area is 257 Å². The number of nitrogens with one attached hydrogen (secondary N) is 4. The van der Waals surface area contributed by atoms with Crippen molar-refractivity contribution in [2.45, 2.75) is 112 Å². The molecule has 2 aliphatic heterocycles. The SMILES string of the molecule is CCc1c2[nH]c(c1CC)C=c1[nH]c(c(CC)c1CC)=Cc1[nH]c(c(CC)c1CC)-c1cccc3c1NC(=C2)C3(CC)CC. The molecule has 8 bridgehead atoms. The first-order valence-electron chi connectivity index (χ1n) is 17.0. The van der Waals surface area contributed by atoms with Crippen LogP contribution in [0.3, 0.4) is 0 Å². The van der Waals surface area contributed by atoms with Crippen molar-refractivity contribution in [3.05, 3.63) is 90.6 Å². The summed E-state index contributed by atoms with van der Waals surface area (Å²) in [7, 11) is 0. The Balaban J connectivity index is 1.80. The molecule has 5 heterocycles. The summed E-state index contributed by atoms with van der Waals surface area (Å²) in [5, 5.41) is 6.51. The summed E-state index contributed by atoms with van der Waals surface area (Å²) >= 11 is 0. The fourth-order valence-corrected chi connectivity index (χ4v) is 8.41. The second kappa shape index (κ2) is 11.4. The lowest BCUT2D eigenvalue weighted by Crippen LogP contribution is -2.24. The molecule has 0 saturated heterocycles. The molecule has 226 valence electrons. The molecule has 0 unspecified atom stereocenters. The van der Waals surface area contributed by atoms with E-state index in [0.717, 1.165) is 51.4 Å². The Morgan fingerprint density at radius 3 is 1.58 bits per heavy atom. The highest BCUT2D eigenvalue weighted by Crippen LogP contribution is 2.52. The number of benzene rings is 1. The van der Waals surface area contributed by atoms with E-state index in [1.807, 2.05) is 0 Å². The van der Waals surface area contributed by atoms with Gasteiger partial charge in [-0.25, -0.2) is 0 Å². The summed E-state index contributed by atoms with van der Waals surface area (Å²) in [6.45, 7) is 18.5. The van der Waals surface area contributed by atoms with E-state index < -0.39 is 0 Å². The Morgan fingerprint density at radius 2 is 1.05 bits per heavy atom. The molecule has 0 amide bonds. The molecule has 0 saturated carbocycles. The highest BCUT2D eigenvalue weighted by atomic mass is 15.0.